The first-order chi connectivity index (χ1) is 18.5. The molecule has 2 N–H and O–H groups in total. The summed E-state index contributed by atoms with van der Waals surface area (Å²) in [6.45, 7) is 3.32. The number of aliphatic hydroxyl groups excluding tert-OH is 1. The molecule has 0 aliphatic carbocycles. The lowest BCUT2D eigenvalue weighted by atomic mass is 9.94. The van der Waals surface area contributed by atoms with E-state index in [1.54, 1.807) is 15.9 Å². The number of anilines is 3. The van der Waals surface area contributed by atoms with E-state index in [0.29, 0.717) is 25.2 Å². The van der Waals surface area contributed by atoms with Gasteiger partial charge in [-0.25, -0.2) is 9.97 Å². The predicted molar refractivity (Wildman–Crippen MR) is 144 cm³/mol. The van der Waals surface area contributed by atoms with Crippen LogP contribution < -0.4 is 10.2 Å². The molecule has 9 heteroatoms. The normalized spacial score (nSPS) is 21.9. The van der Waals surface area contributed by atoms with Crippen LogP contribution in [0.5, 0.6) is 0 Å². The number of nitrogens with one attached hydrogen (secondary N) is 1. The van der Waals surface area contributed by atoms with Gasteiger partial charge >= 0.3 is 0 Å². The van der Waals surface area contributed by atoms with Crippen molar-refractivity contribution in [3.8, 4) is 0 Å². The van der Waals surface area contributed by atoms with Crippen molar-refractivity contribution in [2.75, 3.05) is 36.4 Å². The molecule has 2 fully saturated rings. The van der Waals surface area contributed by atoms with E-state index in [2.05, 4.69) is 44.5 Å². The van der Waals surface area contributed by atoms with E-state index in [9.17, 15) is 14.7 Å². The second-order valence-corrected chi connectivity index (χ2v) is 10.3. The van der Waals surface area contributed by atoms with Crippen molar-refractivity contribution >= 4 is 29.0 Å². The van der Waals surface area contributed by atoms with Crippen molar-refractivity contribution in [1.82, 2.24) is 19.8 Å². The van der Waals surface area contributed by atoms with Crippen LogP contribution in [0.1, 0.15) is 40.9 Å². The summed E-state index contributed by atoms with van der Waals surface area (Å²) >= 11 is 0. The number of β-amino-alcohol motifs (C(OH)–C–C–N with tert-alkyl or cyclic N) is 1. The summed E-state index contributed by atoms with van der Waals surface area (Å²) in [7, 11) is 0. The summed E-state index contributed by atoms with van der Waals surface area (Å²) in [6.07, 6.45) is 3.90. The lowest BCUT2D eigenvalue weighted by Gasteiger charge is -2.43. The highest BCUT2D eigenvalue weighted by atomic mass is 16.3. The van der Waals surface area contributed by atoms with Gasteiger partial charge in [-0.1, -0.05) is 30.3 Å². The fraction of sp³-hybridized carbons (Fsp3) is 0.379. The molecule has 3 aliphatic heterocycles. The van der Waals surface area contributed by atoms with Crippen LogP contribution in [0.25, 0.3) is 0 Å². The van der Waals surface area contributed by atoms with Gasteiger partial charge < -0.3 is 20.2 Å². The quantitative estimate of drug-likeness (QED) is 0.542. The van der Waals surface area contributed by atoms with Crippen molar-refractivity contribution < 1.29 is 14.7 Å². The molecule has 2 amide bonds. The average molecular weight is 513 g/mol. The fourth-order valence-electron chi connectivity index (χ4n) is 5.86. The van der Waals surface area contributed by atoms with Crippen molar-refractivity contribution in [2.45, 2.75) is 44.4 Å². The van der Waals surface area contributed by atoms with Gasteiger partial charge in [0.1, 0.15) is 17.8 Å². The van der Waals surface area contributed by atoms with E-state index < -0.39 is 6.10 Å². The Morgan fingerprint density at radius 1 is 0.974 bits per heavy atom. The third-order valence-electron chi connectivity index (χ3n) is 7.85. The number of amides is 2. The Balaban J connectivity index is 1.10. The number of likely N-dealkylation sites (tertiary alicyclic amines) is 1. The van der Waals surface area contributed by atoms with Crippen molar-refractivity contribution in [3.63, 3.8) is 0 Å². The number of carbonyl (C=O) groups is 2. The minimum absolute atomic E-state index is 0.0322. The fourth-order valence-corrected chi connectivity index (χ4v) is 5.86. The average Bonchev–Trinajstić information content (AvgIpc) is 3.38. The van der Waals surface area contributed by atoms with Crippen LogP contribution in [0.15, 0.2) is 60.9 Å². The van der Waals surface area contributed by atoms with Gasteiger partial charge in [-0.3, -0.25) is 14.5 Å². The van der Waals surface area contributed by atoms with Crippen LogP contribution >= 0.6 is 0 Å². The molecular weight excluding hydrogens is 480 g/mol. The molecular formula is C29H32N6O3. The minimum atomic E-state index is -0.617. The smallest absolute Gasteiger partial charge is 0.272 e. The molecule has 3 aliphatic rings. The van der Waals surface area contributed by atoms with E-state index in [1.165, 1.54) is 17.5 Å². The number of carbonyl (C=O) groups excluding carboxylic acids is 2. The highest BCUT2D eigenvalue weighted by molar-refractivity contribution is 5.96. The third-order valence-corrected chi connectivity index (χ3v) is 7.85. The Morgan fingerprint density at radius 3 is 2.66 bits per heavy atom. The van der Waals surface area contributed by atoms with E-state index in [4.69, 9.17) is 0 Å². The van der Waals surface area contributed by atoms with Gasteiger partial charge in [0, 0.05) is 62.6 Å². The highest BCUT2D eigenvalue weighted by Crippen LogP contribution is 2.27. The molecule has 0 spiro atoms. The van der Waals surface area contributed by atoms with Gasteiger partial charge in [0.05, 0.1) is 6.10 Å². The first-order valence-corrected chi connectivity index (χ1v) is 13.3. The summed E-state index contributed by atoms with van der Waals surface area (Å²) in [5.41, 5.74) is 4.61. The maximum absolute atomic E-state index is 13.3. The van der Waals surface area contributed by atoms with Crippen LogP contribution in [0.3, 0.4) is 0 Å². The first-order valence-electron chi connectivity index (χ1n) is 13.3. The lowest BCUT2D eigenvalue weighted by molar-refractivity contribution is -0.117. The van der Waals surface area contributed by atoms with E-state index in [-0.39, 0.29) is 30.1 Å². The van der Waals surface area contributed by atoms with Gasteiger partial charge in [0.25, 0.3) is 5.91 Å². The Labute approximate surface area is 222 Å². The number of piperidine rings is 1. The van der Waals surface area contributed by atoms with E-state index in [1.807, 2.05) is 24.3 Å². The number of fused-ring (bicyclic) bond motifs is 1. The van der Waals surface area contributed by atoms with E-state index >= 15 is 0 Å². The summed E-state index contributed by atoms with van der Waals surface area (Å²) < 4.78 is 0. The van der Waals surface area contributed by atoms with Crippen LogP contribution in [0, 0.1) is 0 Å². The Kier molecular flexibility index (Phi) is 6.78. The summed E-state index contributed by atoms with van der Waals surface area (Å²) in [5.74, 6) is 0.414. The van der Waals surface area contributed by atoms with Gasteiger partial charge in [-0.2, -0.15) is 0 Å². The first kappa shape index (κ1) is 24.5. The predicted octanol–water partition coefficient (Wildman–Crippen LogP) is 2.98. The molecule has 4 heterocycles. The van der Waals surface area contributed by atoms with Crippen molar-refractivity contribution in [1.29, 1.82) is 0 Å². The zero-order valence-corrected chi connectivity index (χ0v) is 21.3. The standard InChI is InChI=1S/C29H32N6O3/c36-26-18-34(14-11-25(26)33-13-10-20-5-1-2-6-21(20)17-33)29(38)24-16-27(31-19-30-24)32-22-7-3-8-23(15-22)35-12-4-9-28(35)37/h1-3,5-8,15-16,19,25-26,36H,4,9-14,17-18H2,(H,30,31,32)/t25-,26-/m0/s1. The molecule has 0 saturated carbocycles. The van der Waals surface area contributed by atoms with Crippen LogP contribution in [0.2, 0.25) is 0 Å². The number of aliphatic hydroxyl groups is 1. The number of nitrogens with zero attached hydrogens (tertiary/aromatic N) is 5. The molecule has 0 unspecified atom stereocenters. The Bertz CT molecular complexity index is 1350. The van der Waals surface area contributed by atoms with Gasteiger partial charge in [-0.15, -0.1) is 0 Å². The van der Waals surface area contributed by atoms with E-state index in [0.717, 1.165) is 43.9 Å². The minimum Gasteiger partial charge on any atom is -0.390 e. The lowest BCUT2D eigenvalue weighted by Crippen LogP contribution is -2.56. The molecule has 0 radical (unpaired) electrons. The molecule has 2 aromatic carbocycles. The second kappa shape index (κ2) is 10.5. The maximum atomic E-state index is 13.3. The zero-order valence-electron chi connectivity index (χ0n) is 21.3. The number of rotatable bonds is 5. The largest absolute Gasteiger partial charge is 0.390 e. The van der Waals surface area contributed by atoms with Crippen LogP contribution in [-0.4, -0.2) is 75.0 Å². The molecule has 9 nitrogen and oxygen atoms in total. The van der Waals surface area contributed by atoms with Crippen LogP contribution in [0.4, 0.5) is 17.2 Å². The third kappa shape index (κ3) is 4.99. The van der Waals surface area contributed by atoms with Gasteiger partial charge in [-0.05, 0) is 48.6 Å². The summed E-state index contributed by atoms with van der Waals surface area (Å²) in [4.78, 5) is 39.7. The van der Waals surface area contributed by atoms with Gasteiger partial charge in [0.15, 0.2) is 0 Å². The number of hydrogen-bond acceptors (Lipinski definition) is 7. The second-order valence-electron chi connectivity index (χ2n) is 10.3. The molecule has 3 aromatic rings. The van der Waals surface area contributed by atoms with Crippen molar-refractivity contribution in [3.05, 3.63) is 77.7 Å². The van der Waals surface area contributed by atoms with Crippen molar-refractivity contribution in [2.24, 2.45) is 0 Å². The van der Waals surface area contributed by atoms with Crippen LogP contribution in [-0.2, 0) is 17.8 Å². The molecule has 196 valence electrons. The Hall–Kier alpha value is -3.82. The van der Waals surface area contributed by atoms with Gasteiger partial charge in [0.2, 0.25) is 5.91 Å². The highest BCUT2D eigenvalue weighted by Gasteiger charge is 2.35. The molecule has 38 heavy (non-hydrogen) atoms. The zero-order chi connectivity index (χ0) is 26.1. The molecule has 0 bridgehead atoms. The molecule has 1 aromatic heterocycles. The number of aromatic nitrogens is 2. The summed E-state index contributed by atoms with van der Waals surface area (Å²) in [5, 5.41) is 14.2. The molecule has 2 saturated heterocycles. The summed E-state index contributed by atoms with van der Waals surface area (Å²) in [6, 6.07) is 17.8. The maximum Gasteiger partial charge on any atom is 0.272 e. The Morgan fingerprint density at radius 2 is 1.84 bits per heavy atom. The SMILES string of the molecule is O=C(c1cc(Nc2cccc(N3CCCC3=O)c2)ncn1)N1CC[C@H](N2CCc3ccccc3C2)[C@@H](O)C1. The number of hydrogen-bond donors (Lipinski definition) is 2. The monoisotopic (exact) mass is 512 g/mol. The number of benzene rings is 2. The topological polar surface area (TPSA) is 102 Å². The molecule has 2 atom stereocenters. The molecule has 6 rings (SSSR count).